The lowest BCUT2D eigenvalue weighted by atomic mass is 9.99. The third-order valence-corrected chi connectivity index (χ3v) is 7.02. The molecule has 1 aromatic rings. The highest BCUT2D eigenvalue weighted by Gasteiger charge is 2.58. The Balaban J connectivity index is 1.98. The average Bonchev–Trinajstić information content (AvgIpc) is 2.81. The number of nitrogens with zero attached hydrogens (tertiary/aromatic N) is 3. The van der Waals surface area contributed by atoms with Crippen molar-refractivity contribution >= 4 is 27.8 Å². The predicted molar refractivity (Wildman–Crippen MR) is 102 cm³/mol. The standard InChI is InChI=1S/C17H22ClF3N4O3S/c1-23(2)29(27,28)22-15-13(9-11-5-3-6-12(18)14(11)19)25(10-17(15,20)21)16(26)24-7-4-8-24/h3,5-6,13,15,22H,4,7-10H2,1-2H3/t13-,15?/m0/s1. The highest BCUT2D eigenvalue weighted by molar-refractivity contribution is 7.87. The minimum Gasteiger partial charge on any atom is -0.325 e. The minimum absolute atomic E-state index is 0.0238. The van der Waals surface area contributed by atoms with E-state index in [1.807, 2.05) is 4.72 Å². The summed E-state index contributed by atoms with van der Waals surface area (Å²) in [6, 6.07) is 0.337. The minimum atomic E-state index is -4.23. The maximum atomic E-state index is 14.9. The summed E-state index contributed by atoms with van der Waals surface area (Å²) in [5, 5.41) is -0.182. The van der Waals surface area contributed by atoms with Crippen LogP contribution in [0.2, 0.25) is 5.02 Å². The lowest BCUT2D eigenvalue weighted by molar-refractivity contribution is -0.00591. The first-order valence-electron chi connectivity index (χ1n) is 9.00. The van der Waals surface area contributed by atoms with Gasteiger partial charge in [0, 0.05) is 27.2 Å². The van der Waals surface area contributed by atoms with Gasteiger partial charge in [0.15, 0.2) is 0 Å². The van der Waals surface area contributed by atoms with E-state index < -0.39 is 46.6 Å². The van der Waals surface area contributed by atoms with Crippen molar-refractivity contribution in [1.29, 1.82) is 0 Å². The molecule has 1 N–H and O–H groups in total. The second-order valence-corrected chi connectivity index (χ2v) is 9.70. The summed E-state index contributed by atoms with van der Waals surface area (Å²) < 4.78 is 71.4. The predicted octanol–water partition coefficient (Wildman–Crippen LogP) is 1.93. The maximum absolute atomic E-state index is 14.9. The first-order valence-corrected chi connectivity index (χ1v) is 10.8. The zero-order valence-corrected chi connectivity index (χ0v) is 17.5. The van der Waals surface area contributed by atoms with Crippen LogP contribution in [0.5, 0.6) is 0 Å². The van der Waals surface area contributed by atoms with Crippen LogP contribution in [0.25, 0.3) is 0 Å². The van der Waals surface area contributed by atoms with Crippen LogP contribution >= 0.6 is 11.6 Å². The molecular formula is C17H22ClF3N4O3S. The average molecular weight is 455 g/mol. The van der Waals surface area contributed by atoms with Crippen LogP contribution in [-0.2, 0) is 16.6 Å². The Morgan fingerprint density at radius 1 is 1.34 bits per heavy atom. The quantitative estimate of drug-likeness (QED) is 0.739. The van der Waals surface area contributed by atoms with Crippen molar-refractivity contribution in [3.63, 3.8) is 0 Å². The summed E-state index contributed by atoms with van der Waals surface area (Å²) in [6.07, 6.45) is 0.447. The molecule has 0 aliphatic carbocycles. The van der Waals surface area contributed by atoms with Crippen LogP contribution in [0.15, 0.2) is 18.2 Å². The van der Waals surface area contributed by atoms with Crippen LogP contribution in [-0.4, -0.2) is 80.3 Å². The summed E-state index contributed by atoms with van der Waals surface area (Å²) in [6.45, 7) is -0.0870. The third kappa shape index (κ3) is 4.32. The van der Waals surface area contributed by atoms with Gasteiger partial charge in [0.25, 0.3) is 16.1 Å². The summed E-state index contributed by atoms with van der Waals surface area (Å²) >= 11 is 5.79. The molecule has 1 aromatic carbocycles. The van der Waals surface area contributed by atoms with Gasteiger partial charge < -0.3 is 9.80 Å². The maximum Gasteiger partial charge on any atom is 0.320 e. The highest BCUT2D eigenvalue weighted by atomic mass is 35.5. The molecule has 2 atom stereocenters. The van der Waals surface area contributed by atoms with E-state index in [1.54, 1.807) is 0 Å². The van der Waals surface area contributed by atoms with Crippen molar-refractivity contribution in [1.82, 2.24) is 18.8 Å². The molecule has 162 valence electrons. The molecule has 2 aliphatic rings. The molecule has 0 aromatic heterocycles. The molecule has 2 fully saturated rings. The Labute approximate surface area is 172 Å². The third-order valence-electron chi connectivity index (χ3n) is 5.21. The molecule has 0 spiro atoms. The van der Waals surface area contributed by atoms with Gasteiger partial charge in [-0.1, -0.05) is 23.7 Å². The van der Waals surface area contributed by atoms with Gasteiger partial charge in [0.2, 0.25) is 0 Å². The number of nitrogens with one attached hydrogen (secondary N) is 1. The Hall–Kier alpha value is -1.56. The zero-order valence-electron chi connectivity index (χ0n) is 15.9. The molecule has 0 bridgehead atoms. The number of carbonyl (C=O) groups excluding carboxylic acids is 1. The van der Waals surface area contributed by atoms with E-state index in [9.17, 15) is 26.4 Å². The van der Waals surface area contributed by atoms with Gasteiger partial charge in [0.1, 0.15) is 11.9 Å². The Bertz CT molecular complexity index is 896. The molecule has 3 rings (SSSR count). The molecule has 2 heterocycles. The van der Waals surface area contributed by atoms with Gasteiger partial charge in [-0.15, -0.1) is 0 Å². The van der Waals surface area contributed by atoms with Crippen LogP contribution in [0.3, 0.4) is 0 Å². The lowest BCUT2D eigenvalue weighted by Gasteiger charge is -2.37. The summed E-state index contributed by atoms with van der Waals surface area (Å²) in [4.78, 5) is 15.1. The van der Waals surface area contributed by atoms with Crippen LogP contribution in [0, 0.1) is 5.82 Å². The van der Waals surface area contributed by atoms with Crippen LogP contribution in [0.4, 0.5) is 18.0 Å². The van der Waals surface area contributed by atoms with Gasteiger partial charge in [-0.2, -0.15) is 17.4 Å². The first-order chi connectivity index (χ1) is 13.4. The number of carbonyl (C=O) groups is 1. The molecule has 2 aliphatic heterocycles. The van der Waals surface area contributed by atoms with Crippen molar-refractivity contribution in [2.75, 3.05) is 33.7 Å². The van der Waals surface area contributed by atoms with Crippen molar-refractivity contribution in [2.24, 2.45) is 0 Å². The van der Waals surface area contributed by atoms with Crippen molar-refractivity contribution in [3.8, 4) is 0 Å². The Morgan fingerprint density at radius 2 is 2.00 bits per heavy atom. The van der Waals surface area contributed by atoms with Gasteiger partial charge in [-0.05, 0) is 24.5 Å². The highest BCUT2D eigenvalue weighted by Crippen LogP contribution is 2.36. The zero-order chi connectivity index (χ0) is 21.6. The molecule has 29 heavy (non-hydrogen) atoms. The number of urea groups is 1. The second-order valence-electron chi connectivity index (χ2n) is 7.38. The van der Waals surface area contributed by atoms with Crippen LogP contribution < -0.4 is 4.72 Å². The largest absolute Gasteiger partial charge is 0.325 e. The SMILES string of the molecule is CN(C)S(=O)(=O)NC1[C@H](Cc2cccc(Cl)c2F)N(C(=O)N2CCC2)CC1(F)F. The monoisotopic (exact) mass is 454 g/mol. The molecular weight excluding hydrogens is 433 g/mol. The molecule has 0 radical (unpaired) electrons. The number of alkyl halides is 2. The van der Waals surface area contributed by atoms with Gasteiger partial charge in [-0.25, -0.2) is 18.0 Å². The molecule has 2 amide bonds. The van der Waals surface area contributed by atoms with E-state index in [4.69, 9.17) is 11.6 Å². The van der Waals surface area contributed by atoms with Crippen molar-refractivity contribution in [2.45, 2.75) is 30.8 Å². The molecule has 12 heteroatoms. The number of hydrogen-bond donors (Lipinski definition) is 1. The Morgan fingerprint density at radius 3 is 2.55 bits per heavy atom. The summed E-state index contributed by atoms with van der Waals surface area (Å²) in [7, 11) is -1.83. The first kappa shape index (κ1) is 22.1. The fourth-order valence-electron chi connectivity index (χ4n) is 3.39. The molecule has 0 saturated carbocycles. The fraction of sp³-hybridized carbons (Fsp3) is 0.588. The summed E-state index contributed by atoms with van der Waals surface area (Å²) in [5.41, 5.74) is 0.0238. The molecule has 7 nitrogen and oxygen atoms in total. The van der Waals surface area contributed by atoms with Gasteiger partial charge in [0.05, 0.1) is 17.6 Å². The van der Waals surface area contributed by atoms with E-state index in [-0.39, 0.29) is 17.0 Å². The fourth-order valence-corrected chi connectivity index (χ4v) is 4.45. The lowest BCUT2D eigenvalue weighted by Crippen LogP contribution is -2.56. The van der Waals surface area contributed by atoms with E-state index in [2.05, 4.69) is 0 Å². The van der Waals surface area contributed by atoms with Crippen molar-refractivity contribution < 1.29 is 26.4 Å². The summed E-state index contributed by atoms with van der Waals surface area (Å²) in [5.74, 6) is -4.32. The Kier molecular flexibility index (Phi) is 6.06. The number of halogens is 4. The number of rotatable bonds is 5. The molecule has 2 saturated heterocycles. The normalized spacial score (nSPS) is 24.1. The number of hydrogen-bond acceptors (Lipinski definition) is 3. The number of benzene rings is 1. The topological polar surface area (TPSA) is 73.0 Å². The van der Waals surface area contributed by atoms with E-state index in [0.29, 0.717) is 13.1 Å². The van der Waals surface area contributed by atoms with E-state index >= 15 is 0 Å². The molecule has 1 unspecified atom stereocenters. The van der Waals surface area contributed by atoms with Crippen molar-refractivity contribution in [3.05, 3.63) is 34.6 Å². The number of amides is 2. The van der Waals surface area contributed by atoms with E-state index in [1.165, 1.54) is 37.2 Å². The van der Waals surface area contributed by atoms with Gasteiger partial charge >= 0.3 is 6.03 Å². The number of likely N-dealkylation sites (tertiary alicyclic amines) is 2. The van der Waals surface area contributed by atoms with Gasteiger partial charge in [-0.3, -0.25) is 0 Å². The smallest absolute Gasteiger partial charge is 0.320 e. The van der Waals surface area contributed by atoms with Crippen LogP contribution in [0.1, 0.15) is 12.0 Å². The van der Waals surface area contributed by atoms with E-state index in [0.717, 1.165) is 15.6 Å². The second kappa shape index (κ2) is 7.93.